The Morgan fingerprint density at radius 3 is 2.78 bits per heavy atom. The average Bonchev–Trinajstić information content (AvgIpc) is 2.97. The normalized spacial score (nSPS) is 10.3. The van der Waals surface area contributed by atoms with Crippen molar-refractivity contribution in [2.24, 2.45) is 0 Å². The number of pyridine rings is 2. The standard InChI is InChI=1S/C16H13N4O3/c1-10-7-15(23-20-10)13-8-12(5-6-17-13)22-14-3-4-16(18-9-21)19-11(14)2/h3-8H,1-2H3,(H,18,19,21). The molecule has 23 heavy (non-hydrogen) atoms. The number of anilines is 1. The second-order valence-electron chi connectivity index (χ2n) is 4.82. The first-order chi connectivity index (χ1) is 11.2. The second-order valence-corrected chi connectivity index (χ2v) is 4.82. The van der Waals surface area contributed by atoms with Crippen LogP contribution in [0.3, 0.4) is 0 Å². The average molecular weight is 309 g/mol. The Morgan fingerprint density at radius 2 is 2.09 bits per heavy atom. The Bertz CT molecular complexity index is 845. The Labute approximate surface area is 132 Å². The van der Waals surface area contributed by atoms with Crippen LogP contribution in [0.2, 0.25) is 0 Å². The summed E-state index contributed by atoms with van der Waals surface area (Å²) >= 11 is 0. The minimum atomic E-state index is 0.414. The molecule has 3 aromatic heterocycles. The highest BCUT2D eigenvalue weighted by atomic mass is 16.5. The highest BCUT2D eigenvalue weighted by Gasteiger charge is 2.09. The van der Waals surface area contributed by atoms with Gasteiger partial charge < -0.3 is 14.6 Å². The minimum Gasteiger partial charge on any atom is -0.455 e. The zero-order valence-corrected chi connectivity index (χ0v) is 12.5. The molecule has 0 bridgehead atoms. The van der Waals surface area contributed by atoms with Crippen LogP contribution < -0.4 is 10.1 Å². The van der Waals surface area contributed by atoms with Gasteiger partial charge in [0.2, 0.25) is 0 Å². The molecule has 0 saturated heterocycles. The van der Waals surface area contributed by atoms with E-state index in [1.807, 2.05) is 6.92 Å². The largest absolute Gasteiger partial charge is 0.455 e. The van der Waals surface area contributed by atoms with Gasteiger partial charge in [-0.1, -0.05) is 5.16 Å². The van der Waals surface area contributed by atoms with Crippen LogP contribution >= 0.6 is 0 Å². The van der Waals surface area contributed by atoms with Crippen LogP contribution in [0.4, 0.5) is 5.82 Å². The van der Waals surface area contributed by atoms with E-state index >= 15 is 0 Å². The van der Waals surface area contributed by atoms with E-state index in [2.05, 4.69) is 20.4 Å². The van der Waals surface area contributed by atoms with Crippen LogP contribution in [0.1, 0.15) is 11.4 Å². The number of hydrogen-bond donors (Lipinski definition) is 1. The van der Waals surface area contributed by atoms with E-state index in [0.717, 1.165) is 5.69 Å². The molecule has 7 nitrogen and oxygen atoms in total. The van der Waals surface area contributed by atoms with E-state index in [1.165, 1.54) is 0 Å². The number of aryl methyl sites for hydroxylation is 2. The number of rotatable bonds is 5. The van der Waals surface area contributed by atoms with Crippen molar-refractivity contribution in [2.75, 3.05) is 5.32 Å². The SMILES string of the molecule is Cc1cc(-c2cc(Oc3ccc(N[C]=O)nc3C)ccn2)on1. The Balaban J connectivity index is 1.84. The fraction of sp³-hybridized carbons (Fsp3) is 0.125. The minimum absolute atomic E-state index is 0.414. The first-order valence-corrected chi connectivity index (χ1v) is 6.84. The maximum absolute atomic E-state index is 10.3. The van der Waals surface area contributed by atoms with Gasteiger partial charge in [-0.3, -0.25) is 9.78 Å². The van der Waals surface area contributed by atoms with Gasteiger partial charge in [0, 0.05) is 18.3 Å². The number of carbonyl (C=O) groups excluding carboxylic acids is 1. The van der Waals surface area contributed by atoms with Crippen LogP contribution in [0, 0.1) is 13.8 Å². The molecule has 3 aromatic rings. The van der Waals surface area contributed by atoms with E-state index in [-0.39, 0.29) is 0 Å². The monoisotopic (exact) mass is 309 g/mol. The molecular formula is C16H13N4O3. The third-order valence-corrected chi connectivity index (χ3v) is 3.06. The highest BCUT2D eigenvalue weighted by molar-refractivity contribution is 5.69. The van der Waals surface area contributed by atoms with Crippen LogP contribution in [0.15, 0.2) is 41.1 Å². The number of amides is 1. The van der Waals surface area contributed by atoms with Crippen LogP contribution in [-0.4, -0.2) is 21.5 Å². The number of nitrogens with one attached hydrogen (secondary N) is 1. The molecule has 0 aromatic carbocycles. The van der Waals surface area contributed by atoms with Gasteiger partial charge in [0.15, 0.2) is 5.76 Å². The van der Waals surface area contributed by atoms with Crippen molar-refractivity contribution in [2.45, 2.75) is 13.8 Å². The van der Waals surface area contributed by atoms with Gasteiger partial charge in [-0.2, -0.15) is 0 Å². The molecule has 1 N–H and O–H groups in total. The number of nitrogens with zero attached hydrogens (tertiary/aromatic N) is 3. The molecule has 1 radical (unpaired) electrons. The second kappa shape index (κ2) is 6.27. The van der Waals surface area contributed by atoms with E-state index in [9.17, 15) is 4.79 Å². The summed E-state index contributed by atoms with van der Waals surface area (Å²) in [5.41, 5.74) is 2.05. The topological polar surface area (TPSA) is 90.1 Å². The van der Waals surface area contributed by atoms with Crippen LogP contribution in [-0.2, 0) is 4.79 Å². The summed E-state index contributed by atoms with van der Waals surface area (Å²) < 4.78 is 11.0. The van der Waals surface area contributed by atoms with Gasteiger partial charge in [-0.05, 0) is 32.0 Å². The Kier molecular flexibility index (Phi) is 4.01. The highest BCUT2D eigenvalue weighted by Crippen LogP contribution is 2.28. The maximum atomic E-state index is 10.3. The molecule has 0 fully saturated rings. The van der Waals surface area contributed by atoms with E-state index < -0.39 is 0 Å². The summed E-state index contributed by atoms with van der Waals surface area (Å²) in [6.07, 6.45) is 3.21. The van der Waals surface area contributed by atoms with Gasteiger partial charge in [0.1, 0.15) is 23.0 Å². The molecule has 7 heteroatoms. The van der Waals surface area contributed by atoms with Crippen molar-refractivity contribution in [3.8, 4) is 23.0 Å². The first kappa shape index (κ1) is 14.7. The quantitative estimate of drug-likeness (QED) is 0.729. The maximum Gasteiger partial charge on any atom is 0.315 e. The number of hydrogen-bond acceptors (Lipinski definition) is 6. The third-order valence-electron chi connectivity index (χ3n) is 3.06. The molecule has 115 valence electrons. The lowest BCUT2D eigenvalue weighted by Crippen LogP contribution is -1.99. The first-order valence-electron chi connectivity index (χ1n) is 6.84. The fourth-order valence-corrected chi connectivity index (χ4v) is 2.00. The number of ether oxygens (including phenoxy) is 1. The molecule has 3 rings (SSSR count). The van der Waals surface area contributed by atoms with Crippen molar-refractivity contribution < 1.29 is 14.1 Å². The smallest absolute Gasteiger partial charge is 0.315 e. The summed E-state index contributed by atoms with van der Waals surface area (Å²) in [7, 11) is 0. The van der Waals surface area contributed by atoms with Gasteiger partial charge >= 0.3 is 6.41 Å². The lowest BCUT2D eigenvalue weighted by molar-refractivity contribution is 0.425. The predicted molar refractivity (Wildman–Crippen MR) is 82.8 cm³/mol. The molecule has 0 saturated carbocycles. The lowest BCUT2D eigenvalue weighted by Gasteiger charge is -2.09. The van der Waals surface area contributed by atoms with Crippen molar-refractivity contribution in [3.05, 3.63) is 47.9 Å². The van der Waals surface area contributed by atoms with E-state index in [1.54, 1.807) is 49.9 Å². The Morgan fingerprint density at radius 1 is 1.22 bits per heavy atom. The van der Waals surface area contributed by atoms with Crippen molar-refractivity contribution in [3.63, 3.8) is 0 Å². The predicted octanol–water partition coefficient (Wildman–Crippen LogP) is 3.02. The molecule has 0 aliphatic heterocycles. The van der Waals surface area contributed by atoms with Crippen LogP contribution in [0.25, 0.3) is 11.5 Å². The van der Waals surface area contributed by atoms with Crippen molar-refractivity contribution in [1.82, 2.24) is 15.1 Å². The molecule has 3 heterocycles. The van der Waals surface area contributed by atoms with Gasteiger partial charge in [-0.25, -0.2) is 4.98 Å². The third kappa shape index (κ3) is 3.34. The molecule has 0 atom stereocenters. The molecule has 0 spiro atoms. The lowest BCUT2D eigenvalue weighted by atomic mass is 10.2. The number of aromatic nitrogens is 3. The summed E-state index contributed by atoms with van der Waals surface area (Å²) in [5, 5.41) is 6.21. The van der Waals surface area contributed by atoms with Crippen molar-refractivity contribution >= 4 is 12.2 Å². The summed E-state index contributed by atoms with van der Waals surface area (Å²) in [5.74, 6) is 2.16. The zero-order valence-electron chi connectivity index (χ0n) is 12.5. The molecule has 0 aliphatic carbocycles. The summed E-state index contributed by atoms with van der Waals surface area (Å²) in [4.78, 5) is 18.8. The summed E-state index contributed by atoms with van der Waals surface area (Å²) in [6.45, 7) is 3.63. The van der Waals surface area contributed by atoms with Gasteiger partial charge in [0.25, 0.3) is 0 Å². The van der Waals surface area contributed by atoms with Crippen LogP contribution in [0.5, 0.6) is 11.5 Å². The molecule has 0 unspecified atom stereocenters. The zero-order chi connectivity index (χ0) is 16.2. The van der Waals surface area contributed by atoms with Crippen molar-refractivity contribution in [1.29, 1.82) is 0 Å². The van der Waals surface area contributed by atoms with Gasteiger partial charge in [0.05, 0.1) is 11.4 Å². The van der Waals surface area contributed by atoms with E-state index in [4.69, 9.17) is 9.26 Å². The van der Waals surface area contributed by atoms with Gasteiger partial charge in [-0.15, -0.1) is 0 Å². The fourth-order valence-electron chi connectivity index (χ4n) is 2.00. The van der Waals surface area contributed by atoms with E-state index in [0.29, 0.717) is 34.5 Å². The summed E-state index contributed by atoms with van der Waals surface area (Å²) in [6, 6.07) is 8.65. The molecule has 0 aliphatic rings. The molecular weight excluding hydrogens is 296 g/mol. The molecule has 1 amide bonds. The Hall–Kier alpha value is -3.22.